The zero-order valence-electron chi connectivity index (χ0n) is 20.5. The van der Waals surface area contributed by atoms with Gasteiger partial charge in [-0.15, -0.1) is 0 Å². The van der Waals surface area contributed by atoms with Crippen LogP contribution in [0.3, 0.4) is 0 Å². The zero-order chi connectivity index (χ0) is 25.7. The molecule has 0 radical (unpaired) electrons. The van der Waals surface area contributed by atoms with Gasteiger partial charge in [0, 0.05) is 23.3 Å². The second kappa shape index (κ2) is 11.0. The van der Waals surface area contributed by atoms with E-state index in [2.05, 4.69) is 15.6 Å². The van der Waals surface area contributed by atoms with Crippen LogP contribution in [0.15, 0.2) is 66.9 Å². The summed E-state index contributed by atoms with van der Waals surface area (Å²) in [7, 11) is 3.18. The lowest BCUT2D eigenvalue weighted by Gasteiger charge is -2.17. The Morgan fingerprint density at radius 3 is 2.33 bits per heavy atom. The summed E-state index contributed by atoms with van der Waals surface area (Å²) in [6.45, 7) is 3.94. The number of fused-ring (bicyclic) bond motifs is 1. The van der Waals surface area contributed by atoms with E-state index in [4.69, 9.17) is 26.4 Å². The lowest BCUT2D eigenvalue weighted by molar-refractivity contribution is -0.119. The van der Waals surface area contributed by atoms with Crippen LogP contribution < -0.4 is 24.8 Å². The summed E-state index contributed by atoms with van der Waals surface area (Å²) in [5.41, 5.74) is 4.32. The van der Waals surface area contributed by atoms with E-state index in [9.17, 15) is 4.79 Å². The van der Waals surface area contributed by atoms with Crippen LogP contribution in [0.5, 0.6) is 23.0 Å². The molecule has 7 nitrogen and oxygen atoms in total. The van der Waals surface area contributed by atoms with Crippen molar-refractivity contribution >= 4 is 39.8 Å². The van der Waals surface area contributed by atoms with Gasteiger partial charge >= 0.3 is 0 Å². The minimum atomic E-state index is -0.176. The zero-order valence-corrected chi connectivity index (χ0v) is 21.4. The number of amides is 1. The maximum Gasteiger partial charge on any atom is 0.230 e. The van der Waals surface area contributed by atoms with Gasteiger partial charge in [-0.1, -0.05) is 30.3 Å². The lowest BCUT2D eigenvalue weighted by atomic mass is 10.1. The molecule has 184 valence electrons. The molecule has 8 heteroatoms. The van der Waals surface area contributed by atoms with Crippen LogP contribution in [-0.4, -0.2) is 30.2 Å². The van der Waals surface area contributed by atoms with Crippen LogP contribution in [-0.2, 0) is 11.2 Å². The summed E-state index contributed by atoms with van der Waals surface area (Å²) in [6, 6.07) is 18.7. The summed E-state index contributed by atoms with van der Waals surface area (Å²) >= 11 is 5.36. The molecule has 0 unspecified atom stereocenters. The van der Waals surface area contributed by atoms with E-state index in [-0.39, 0.29) is 17.4 Å². The minimum absolute atomic E-state index is 0.176. The molecule has 3 aromatic carbocycles. The van der Waals surface area contributed by atoms with Gasteiger partial charge in [0.15, 0.2) is 16.6 Å². The monoisotopic (exact) mass is 501 g/mol. The molecule has 1 heterocycles. The summed E-state index contributed by atoms with van der Waals surface area (Å²) in [4.78, 5) is 16.8. The highest BCUT2D eigenvalue weighted by Crippen LogP contribution is 2.38. The topological polar surface area (TPSA) is 81.7 Å². The fourth-order valence-corrected chi connectivity index (χ4v) is 4.03. The molecule has 0 fully saturated rings. The van der Waals surface area contributed by atoms with Gasteiger partial charge < -0.3 is 24.8 Å². The van der Waals surface area contributed by atoms with Crippen molar-refractivity contribution in [2.24, 2.45) is 0 Å². The Labute approximate surface area is 215 Å². The van der Waals surface area contributed by atoms with Crippen LogP contribution in [0.2, 0.25) is 0 Å². The number of hydrogen-bond acceptors (Lipinski definition) is 6. The number of ether oxygens (including phenoxy) is 3. The van der Waals surface area contributed by atoms with Crippen molar-refractivity contribution in [3.05, 3.63) is 83.6 Å². The van der Waals surface area contributed by atoms with Crippen molar-refractivity contribution < 1.29 is 19.0 Å². The minimum Gasteiger partial charge on any atom is -0.493 e. The van der Waals surface area contributed by atoms with Gasteiger partial charge in [-0.3, -0.25) is 9.78 Å². The van der Waals surface area contributed by atoms with Crippen LogP contribution >= 0.6 is 12.2 Å². The average molecular weight is 502 g/mol. The predicted molar refractivity (Wildman–Crippen MR) is 145 cm³/mol. The Balaban J connectivity index is 1.50. The second-order valence-corrected chi connectivity index (χ2v) is 8.57. The first-order valence-corrected chi connectivity index (χ1v) is 11.7. The fraction of sp³-hybridized carbons (Fsp3) is 0.179. The van der Waals surface area contributed by atoms with Gasteiger partial charge in [-0.2, -0.15) is 0 Å². The third-order valence-electron chi connectivity index (χ3n) is 5.87. The van der Waals surface area contributed by atoms with Gasteiger partial charge in [0.2, 0.25) is 5.91 Å². The number of methoxy groups -OCH3 is 2. The Hall–Kier alpha value is -4.17. The number of benzene rings is 3. The average Bonchev–Trinajstić information content (AvgIpc) is 2.88. The number of thiocarbonyl (C=S) groups is 1. The third-order valence-corrected chi connectivity index (χ3v) is 6.08. The largest absolute Gasteiger partial charge is 0.493 e. The maximum absolute atomic E-state index is 12.3. The van der Waals surface area contributed by atoms with Crippen LogP contribution in [0.1, 0.15) is 16.7 Å². The van der Waals surface area contributed by atoms with Gasteiger partial charge in [0.1, 0.15) is 11.5 Å². The van der Waals surface area contributed by atoms with Crippen molar-refractivity contribution in [3.63, 3.8) is 0 Å². The Bertz CT molecular complexity index is 1420. The molecule has 0 saturated carbocycles. The number of aromatic nitrogens is 1. The smallest absolute Gasteiger partial charge is 0.230 e. The highest BCUT2D eigenvalue weighted by Gasteiger charge is 2.14. The van der Waals surface area contributed by atoms with Crippen molar-refractivity contribution in [2.45, 2.75) is 20.3 Å². The molecule has 1 amide bonds. The summed E-state index contributed by atoms with van der Waals surface area (Å²) < 4.78 is 17.1. The van der Waals surface area contributed by atoms with Gasteiger partial charge in [-0.25, -0.2) is 0 Å². The molecule has 0 bridgehead atoms. The summed E-state index contributed by atoms with van der Waals surface area (Å²) in [5.74, 6) is 2.36. The van der Waals surface area contributed by atoms with Crippen molar-refractivity contribution in [3.8, 4) is 23.0 Å². The summed E-state index contributed by atoms with van der Waals surface area (Å²) in [6.07, 6.45) is 1.95. The number of nitrogens with one attached hydrogen (secondary N) is 2. The molecule has 4 rings (SSSR count). The molecule has 0 aliphatic rings. The molecule has 1 aromatic heterocycles. The molecular weight excluding hydrogens is 474 g/mol. The van der Waals surface area contributed by atoms with E-state index in [0.29, 0.717) is 23.0 Å². The lowest BCUT2D eigenvalue weighted by Crippen LogP contribution is -2.35. The van der Waals surface area contributed by atoms with E-state index >= 15 is 0 Å². The standard InChI is InChI=1S/C28H27N3O4S/c1-17-18(2)23(35-24-12-13-29-22-16-26(34-4)25(33-3)15-20(22)24)11-10-21(17)30-28(36)31-27(32)14-19-8-6-5-7-9-19/h5-13,15-16H,14H2,1-4H3,(H2,30,31,32,36). The third kappa shape index (κ3) is 5.55. The normalized spacial score (nSPS) is 10.6. The Morgan fingerprint density at radius 1 is 0.889 bits per heavy atom. The van der Waals surface area contributed by atoms with E-state index in [1.165, 1.54) is 0 Å². The first kappa shape index (κ1) is 24.9. The van der Waals surface area contributed by atoms with E-state index < -0.39 is 0 Å². The van der Waals surface area contributed by atoms with E-state index in [1.54, 1.807) is 20.4 Å². The predicted octanol–water partition coefficient (Wildman–Crippen LogP) is 5.72. The Morgan fingerprint density at radius 2 is 1.61 bits per heavy atom. The van der Waals surface area contributed by atoms with Crippen molar-refractivity contribution in [1.29, 1.82) is 0 Å². The van der Waals surface area contributed by atoms with E-state index in [1.807, 2.05) is 74.5 Å². The molecule has 0 atom stereocenters. The van der Waals surface area contributed by atoms with E-state index in [0.717, 1.165) is 33.3 Å². The number of anilines is 1. The SMILES string of the molecule is COc1cc2nccc(Oc3ccc(NC(=S)NC(=O)Cc4ccccc4)c(C)c3C)c2cc1OC. The number of carbonyl (C=O) groups is 1. The van der Waals surface area contributed by atoms with Crippen LogP contribution in [0.25, 0.3) is 10.9 Å². The first-order chi connectivity index (χ1) is 17.4. The quantitative estimate of drug-likeness (QED) is 0.314. The van der Waals surface area contributed by atoms with Crippen molar-refractivity contribution in [2.75, 3.05) is 19.5 Å². The highest BCUT2D eigenvalue weighted by atomic mass is 32.1. The maximum atomic E-state index is 12.3. The number of nitrogens with zero attached hydrogens (tertiary/aromatic N) is 1. The Kier molecular flexibility index (Phi) is 7.65. The van der Waals surface area contributed by atoms with Gasteiger partial charge in [0.05, 0.1) is 26.2 Å². The number of pyridine rings is 1. The molecule has 0 spiro atoms. The van der Waals surface area contributed by atoms with Gasteiger partial charge in [-0.05, 0) is 67.0 Å². The molecule has 36 heavy (non-hydrogen) atoms. The second-order valence-electron chi connectivity index (χ2n) is 8.16. The molecule has 4 aromatic rings. The number of carbonyl (C=O) groups excluding carboxylic acids is 1. The number of hydrogen-bond donors (Lipinski definition) is 2. The summed E-state index contributed by atoms with van der Waals surface area (Å²) in [5, 5.41) is 6.91. The molecule has 0 aliphatic carbocycles. The molecule has 0 saturated heterocycles. The fourth-order valence-electron chi connectivity index (χ4n) is 3.80. The van der Waals surface area contributed by atoms with Gasteiger partial charge in [0.25, 0.3) is 0 Å². The first-order valence-electron chi connectivity index (χ1n) is 11.3. The molecule has 2 N–H and O–H groups in total. The number of rotatable bonds is 7. The van der Waals surface area contributed by atoms with Crippen LogP contribution in [0, 0.1) is 13.8 Å². The molecule has 0 aliphatic heterocycles. The van der Waals surface area contributed by atoms with Crippen molar-refractivity contribution in [1.82, 2.24) is 10.3 Å². The van der Waals surface area contributed by atoms with Crippen LogP contribution in [0.4, 0.5) is 5.69 Å². The highest BCUT2D eigenvalue weighted by molar-refractivity contribution is 7.80. The molecular formula is C28H27N3O4S.